The first-order valence-corrected chi connectivity index (χ1v) is 9.88. The van der Waals surface area contributed by atoms with Crippen LogP contribution in [0.1, 0.15) is 80.1 Å². The third kappa shape index (κ3) is 4.97. The molecule has 4 unspecified atom stereocenters. The normalized spacial score (nSPS) is 28.7. The summed E-state index contributed by atoms with van der Waals surface area (Å²) in [5.41, 5.74) is -0.988. The first-order valence-electron chi connectivity index (χ1n) is 9.88. The average molecular weight is 370 g/mol. The molecule has 0 bridgehead atoms. The Hall–Kier alpha value is -1.14. The number of hydrogen-bond acceptors (Lipinski definition) is 6. The van der Waals surface area contributed by atoms with Gasteiger partial charge in [-0.2, -0.15) is 0 Å². The topological polar surface area (TPSA) is 71.1 Å². The van der Waals surface area contributed by atoms with Crippen LogP contribution in [0.15, 0.2) is 0 Å². The molecule has 6 heteroatoms. The largest absolute Gasteiger partial charge is 0.459 e. The van der Waals surface area contributed by atoms with Crippen LogP contribution < -0.4 is 0 Å². The van der Waals surface area contributed by atoms with Gasteiger partial charge in [0.05, 0.1) is 11.8 Å². The molecule has 4 atom stereocenters. The second-order valence-electron chi connectivity index (χ2n) is 8.77. The van der Waals surface area contributed by atoms with Crippen molar-refractivity contribution >= 4 is 11.9 Å². The van der Waals surface area contributed by atoms with Crippen molar-refractivity contribution in [2.75, 3.05) is 0 Å². The minimum absolute atomic E-state index is 0.264. The van der Waals surface area contributed by atoms with Crippen molar-refractivity contribution in [1.82, 2.24) is 0 Å². The molecule has 150 valence electrons. The number of hydrogen-bond donors (Lipinski definition) is 0. The van der Waals surface area contributed by atoms with Crippen LogP contribution in [0.2, 0.25) is 0 Å². The minimum Gasteiger partial charge on any atom is -0.459 e. The van der Waals surface area contributed by atoms with E-state index in [1.165, 1.54) is 0 Å². The number of ether oxygens (including phenoxy) is 2. The second kappa shape index (κ2) is 8.26. The van der Waals surface area contributed by atoms with Crippen LogP contribution in [-0.2, 0) is 28.8 Å². The highest BCUT2D eigenvalue weighted by Gasteiger charge is 2.55. The molecule has 1 heterocycles. The Labute approximate surface area is 156 Å². The number of carbonyl (C=O) groups is 2. The van der Waals surface area contributed by atoms with E-state index in [4.69, 9.17) is 19.2 Å². The molecular formula is C20H34O6. The lowest BCUT2D eigenvalue weighted by molar-refractivity contribution is -0.486. The molecule has 0 N–H and O–H groups in total. The van der Waals surface area contributed by atoms with Crippen LogP contribution in [0.3, 0.4) is 0 Å². The molecule has 0 radical (unpaired) electrons. The third-order valence-electron chi connectivity index (χ3n) is 5.25. The highest BCUT2D eigenvalue weighted by molar-refractivity contribution is 5.77. The number of esters is 2. The number of rotatable bonds is 8. The lowest BCUT2D eigenvalue weighted by Gasteiger charge is -2.46. The molecule has 0 aromatic carbocycles. The fraction of sp³-hybridized carbons (Fsp3) is 0.900. The molecule has 0 spiro atoms. The van der Waals surface area contributed by atoms with Crippen molar-refractivity contribution in [2.24, 2.45) is 11.8 Å². The summed E-state index contributed by atoms with van der Waals surface area (Å²) >= 11 is 0. The second-order valence-corrected chi connectivity index (χ2v) is 8.77. The predicted molar refractivity (Wildman–Crippen MR) is 96.1 cm³/mol. The maximum absolute atomic E-state index is 12.6. The molecule has 0 aromatic rings. The summed E-state index contributed by atoms with van der Waals surface area (Å²) < 4.78 is 11.4. The molecule has 2 aliphatic rings. The number of fused-ring (bicyclic) bond motifs is 1. The summed E-state index contributed by atoms with van der Waals surface area (Å²) in [7, 11) is 0. The Morgan fingerprint density at radius 3 is 1.42 bits per heavy atom. The van der Waals surface area contributed by atoms with Gasteiger partial charge in [0.2, 0.25) is 0 Å². The maximum Gasteiger partial charge on any atom is 0.312 e. The monoisotopic (exact) mass is 370 g/mol. The first-order chi connectivity index (χ1) is 12.1. The van der Waals surface area contributed by atoms with E-state index in [0.717, 1.165) is 25.7 Å². The molecule has 1 saturated carbocycles. The smallest absolute Gasteiger partial charge is 0.312 e. The SMILES string of the molecule is CCCC(C)(C)OC(=O)C1CCC(C(=O)OC(C)(C)CCC)C2OOC12. The van der Waals surface area contributed by atoms with Crippen LogP contribution in [0, 0.1) is 11.8 Å². The summed E-state index contributed by atoms with van der Waals surface area (Å²) in [6.07, 6.45) is 3.72. The molecule has 0 amide bonds. The molecular weight excluding hydrogens is 336 g/mol. The van der Waals surface area contributed by atoms with Crippen molar-refractivity contribution < 1.29 is 28.8 Å². The van der Waals surface area contributed by atoms with E-state index in [9.17, 15) is 9.59 Å². The summed E-state index contributed by atoms with van der Waals surface area (Å²) in [6, 6.07) is 0. The van der Waals surface area contributed by atoms with Crippen LogP contribution >= 0.6 is 0 Å². The zero-order chi connectivity index (χ0) is 19.5. The van der Waals surface area contributed by atoms with Crippen LogP contribution in [0.25, 0.3) is 0 Å². The zero-order valence-corrected chi connectivity index (χ0v) is 17.0. The van der Waals surface area contributed by atoms with Crippen molar-refractivity contribution in [3.63, 3.8) is 0 Å². The Balaban J connectivity index is 1.96. The van der Waals surface area contributed by atoms with E-state index in [0.29, 0.717) is 12.8 Å². The molecule has 6 nitrogen and oxygen atoms in total. The highest BCUT2D eigenvalue weighted by atomic mass is 17.2. The van der Waals surface area contributed by atoms with Gasteiger partial charge in [-0.3, -0.25) is 9.59 Å². The Kier molecular flexibility index (Phi) is 6.72. The molecule has 26 heavy (non-hydrogen) atoms. The van der Waals surface area contributed by atoms with Gasteiger partial charge in [-0.15, -0.1) is 0 Å². The summed E-state index contributed by atoms with van der Waals surface area (Å²) in [5, 5.41) is 0. The first kappa shape index (κ1) is 21.2. The van der Waals surface area contributed by atoms with Gasteiger partial charge in [-0.05, 0) is 53.4 Å². The van der Waals surface area contributed by atoms with Gasteiger partial charge in [0.1, 0.15) is 23.4 Å². The molecule has 1 saturated heterocycles. The van der Waals surface area contributed by atoms with Gasteiger partial charge >= 0.3 is 11.9 Å². The van der Waals surface area contributed by atoms with E-state index in [2.05, 4.69) is 13.8 Å². The van der Waals surface area contributed by atoms with Crippen LogP contribution in [0.5, 0.6) is 0 Å². The number of carbonyl (C=O) groups excluding carboxylic acids is 2. The maximum atomic E-state index is 12.6. The molecule has 1 aliphatic carbocycles. The van der Waals surface area contributed by atoms with Crippen molar-refractivity contribution in [1.29, 1.82) is 0 Å². The van der Waals surface area contributed by atoms with Gasteiger partial charge in [-0.25, -0.2) is 9.78 Å². The van der Waals surface area contributed by atoms with Gasteiger partial charge in [0.25, 0.3) is 0 Å². The molecule has 2 fully saturated rings. The standard InChI is InChI=1S/C20H34O6/c1-7-11-19(3,4)23-17(21)13-9-10-14(16-15(13)25-26-16)18(22)24-20(5,6)12-8-2/h13-16H,7-12H2,1-6H3. The lowest BCUT2D eigenvalue weighted by atomic mass is 9.76. The van der Waals surface area contributed by atoms with E-state index in [1.807, 2.05) is 27.7 Å². The van der Waals surface area contributed by atoms with Crippen LogP contribution in [0.4, 0.5) is 0 Å². The lowest BCUT2D eigenvalue weighted by Crippen LogP contribution is -2.59. The van der Waals surface area contributed by atoms with E-state index in [1.54, 1.807) is 0 Å². The molecule has 1 aliphatic heterocycles. The van der Waals surface area contributed by atoms with E-state index >= 15 is 0 Å². The van der Waals surface area contributed by atoms with Crippen LogP contribution in [-0.4, -0.2) is 35.3 Å². The minimum atomic E-state index is -0.494. The van der Waals surface area contributed by atoms with Gasteiger partial charge in [0.15, 0.2) is 0 Å². The van der Waals surface area contributed by atoms with Gasteiger partial charge < -0.3 is 9.47 Å². The van der Waals surface area contributed by atoms with Crippen molar-refractivity contribution in [2.45, 2.75) is 103 Å². The molecule has 2 rings (SSSR count). The summed E-state index contributed by atoms with van der Waals surface area (Å²) in [5.74, 6) is -1.31. The Morgan fingerprint density at radius 2 is 1.15 bits per heavy atom. The average Bonchev–Trinajstić information content (AvgIpc) is 2.46. The third-order valence-corrected chi connectivity index (χ3v) is 5.25. The fourth-order valence-electron chi connectivity index (χ4n) is 3.97. The van der Waals surface area contributed by atoms with Gasteiger partial charge in [-0.1, -0.05) is 26.7 Å². The Bertz CT molecular complexity index is 466. The van der Waals surface area contributed by atoms with E-state index in [-0.39, 0.29) is 11.9 Å². The Morgan fingerprint density at radius 1 is 0.808 bits per heavy atom. The quantitative estimate of drug-likeness (QED) is 0.476. The van der Waals surface area contributed by atoms with Crippen molar-refractivity contribution in [3.05, 3.63) is 0 Å². The zero-order valence-electron chi connectivity index (χ0n) is 17.0. The van der Waals surface area contributed by atoms with Gasteiger partial charge in [0, 0.05) is 0 Å². The summed E-state index contributed by atoms with van der Waals surface area (Å²) in [6.45, 7) is 11.8. The fourth-order valence-corrected chi connectivity index (χ4v) is 3.97. The molecule has 0 aromatic heterocycles. The van der Waals surface area contributed by atoms with E-state index < -0.39 is 35.2 Å². The summed E-state index contributed by atoms with van der Waals surface area (Å²) in [4.78, 5) is 35.6. The highest BCUT2D eigenvalue weighted by Crippen LogP contribution is 2.42. The predicted octanol–water partition coefficient (Wildman–Crippen LogP) is 3.96. The van der Waals surface area contributed by atoms with Crippen molar-refractivity contribution in [3.8, 4) is 0 Å².